The average Bonchev–Trinajstić information content (AvgIpc) is 2.33. The summed E-state index contributed by atoms with van der Waals surface area (Å²) in [6.07, 6.45) is 0. The molecule has 0 aliphatic heterocycles. The van der Waals surface area contributed by atoms with Crippen LogP contribution in [0.3, 0.4) is 0 Å². The van der Waals surface area contributed by atoms with E-state index in [9.17, 15) is 9.18 Å². The second-order valence-electron chi connectivity index (χ2n) is 3.62. The molecule has 98 valence electrons. The van der Waals surface area contributed by atoms with Gasteiger partial charge in [-0.1, -0.05) is 11.6 Å². The highest BCUT2D eigenvalue weighted by Gasteiger charge is 2.13. The van der Waals surface area contributed by atoms with Gasteiger partial charge in [-0.3, -0.25) is 0 Å². The lowest BCUT2D eigenvalue weighted by atomic mass is 10.2. The molecule has 0 aliphatic rings. The summed E-state index contributed by atoms with van der Waals surface area (Å²) in [5, 5.41) is 9.39. The van der Waals surface area contributed by atoms with Gasteiger partial charge in [0.1, 0.15) is 22.9 Å². The van der Waals surface area contributed by atoms with Gasteiger partial charge < -0.3 is 9.84 Å². The number of hydrogen-bond donors (Lipinski definition) is 1. The molecule has 3 nitrogen and oxygen atoms in total. The van der Waals surface area contributed by atoms with Crippen molar-refractivity contribution in [2.45, 2.75) is 0 Å². The van der Waals surface area contributed by atoms with Crippen LogP contribution in [-0.2, 0) is 0 Å². The first-order chi connectivity index (χ1) is 8.97. The fraction of sp³-hybridized carbons (Fsp3) is 0. The zero-order valence-electron chi connectivity index (χ0n) is 9.36. The molecule has 0 unspecified atom stereocenters. The summed E-state index contributed by atoms with van der Waals surface area (Å²) in [6, 6.07) is 8.21. The molecule has 0 aliphatic carbocycles. The number of hydrogen-bond acceptors (Lipinski definition) is 2. The molecule has 2 aromatic carbocycles. The van der Waals surface area contributed by atoms with Crippen LogP contribution in [-0.4, -0.2) is 11.1 Å². The number of rotatable bonds is 3. The van der Waals surface area contributed by atoms with Crippen LogP contribution in [0.1, 0.15) is 10.4 Å². The summed E-state index contributed by atoms with van der Waals surface area (Å²) in [4.78, 5) is 11.1. The van der Waals surface area contributed by atoms with Crippen LogP contribution in [0.2, 0.25) is 5.02 Å². The van der Waals surface area contributed by atoms with E-state index in [1.54, 1.807) is 0 Å². The Balaban J connectivity index is 2.39. The van der Waals surface area contributed by atoms with Gasteiger partial charge in [0, 0.05) is 11.1 Å². The van der Waals surface area contributed by atoms with E-state index >= 15 is 0 Å². The van der Waals surface area contributed by atoms with E-state index in [1.807, 2.05) is 0 Å². The highest BCUT2D eigenvalue weighted by atomic mass is 79.9. The average molecular weight is 346 g/mol. The van der Waals surface area contributed by atoms with Gasteiger partial charge in [0.05, 0.1) is 4.47 Å². The van der Waals surface area contributed by atoms with Crippen molar-refractivity contribution in [2.24, 2.45) is 0 Å². The van der Waals surface area contributed by atoms with Crippen molar-refractivity contribution in [2.75, 3.05) is 0 Å². The van der Waals surface area contributed by atoms with Gasteiger partial charge in [0.25, 0.3) is 0 Å². The normalized spacial score (nSPS) is 10.3. The third-order valence-electron chi connectivity index (χ3n) is 2.29. The first kappa shape index (κ1) is 13.8. The van der Waals surface area contributed by atoms with E-state index in [1.165, 1.54) is 36.4 Å². The lowest BCUT2D eigenvalue weighted by Crippen LogP contribution is -2.00. The van der Waals surface area contributed by atoms with E-state index in [-0.39, 0.29) is 15.8 Å². The SMILES string of the molecule is O=C(O)c1ccc(Cl)cc1Oc1ccc(F)c(Br)c1. The van der Waals surface area contributed by atoms with Crippen molar-refractivity contribution in [1.82, 2.24) is 0 Å². The third kappa shape index (κ3) is 3.24. The van der Waals surface area contributed by atoms with Crippen LogP contribution in [0.5, 0.6) is 11.5 Å². The molecule has 0 spiro atoms. The fourth-order valence-corrected chi connectivity index (χ4v) is 1.94. The molecule has 0 amide bonds. The predicted octanol–water partition coefficient (Wildman–Crippen LogP) is 4.73. The zero-order chi connectivity index (χ0) is 14.0. The smallest absolute Gasteiger partial charge is 0.339 e. The maximum Gasteiger partial charge on any atom is 0.339 e. The van der Waals surface area contributed by atoms with Crippen molar-refractivity contribution < 1.29 is 19.0 Å². The number of benzene rings is 2. The van der Waals surface area contributed by atoms with Gasteiger partial charge >= 0.3 is 5.97 Å². The van der Waals surface area contributed by atoms with Gasteiger partial charge in [-0.15, -0.1) is 0 Å². The molecule has 0 saturated heterocycles. The Kier molecular flexibility index (Phi) is 4.07. The summed E-state index contributed by atoms with van der Waals surface area (Å²) in [6.45, 7) is 0. The van der Waals surface area contributed by atoms with E-state index in [0.29, 0.717) is 10.8 Å². The second-order valence-corrected chi connectivity index (χ2v) is 4.91. The number of carboxylic acids is 1. The predicted molar refractivity (Wildman–Crippen MR) is 72.6 cm³/mol. The van der Waals surface area contributed by atoms with E-state index < -0.39 is 11.8 Å². The Morgan fingerprint density at radius 1 is 1.26 bits per heavy atom. The molecule has 19 heavy (non-hydrogen) atoms. The number of ether oxygens (including phenoxy) is 1. The third-order valence-corrected chi connectivity index (χ3v) is 3.14. The van der Waals surface area contributed by atoms with Crippen LogP contribution in [0.4, 0.5) is 4.39 Å². The highest BCUT2D eigenvalue weighted by molar-refractivity contribution is 9.10. The van der Waals surface area contributed by atoms with Crippen molar-refractivity contribution in [3.8, 4) is 11.5 Å². The van der Waals surface area contributed by atoms with Gasteiger partial charge in [0.2, 0.25) is 0 Å². The molecule has 0 heterocycles. The molecule has 0 atom stereocenters. The Morgan fingerprint density at radius 2 is 2.00 bits per heavy atom. The Hall–Kier alpha value is -1.59. The molecule has 0 fully saturated rings. The molecule has 0 bridgehead atoms. The molecule has 0 saturated carbocycles. The minimum absolute atomic E-state index is 0.0233. The van der Waals surface area contributed by atoms with Crippen molar-refractivity contribution >= 4 is 33.5 Å². The standard InChI is InChI=1S/C13H7BrClFO3/c14-10-6-8(2-4-11(10)16)19-12-5-7(15)1-3-9(12)13(17)18/h1-6H,(H,17,18). The van der Waals surface area contributed by atoms with Crippen molar-refractivity contribution in [1.29, 1.82) is 0 Å². The molecular weight excluding hydrogens is 338 g/mol. The number of halogens is 3. The topological polar surface area (TPSA) is 46.5 Å². The summed E-state index contributed by atoms with van der Waals surface area (Å²) >= 11 is 8.83. The Labute approximate surface area is 121 Å². The minimum Gasteiger partial charge on any atom is -0.478 e. The molecule has 1 N–H and O–H groups in total. The lowest BCUT2D eigenvalue weighted by Gasteiger charge is -2.09. The summed E-state index contributed by atoms with van der Waals surface area (Å²) in [7, 11) is 0. The number of carboxylic acid groups (broad SMARTS) is 1. The van der Waals surface area contributed by atoms with E-state index in [4.69, 9.17) is 21.4 Å². The molecular formula is C13H7BrClFO3. The first-order valence-electron chi connectivity index (χ1n) is 5.13. The maximum atomic E-state index is 13.1. The minimum atomic E-state index is -1.13. The lowest BCUT2D eigenvalue weighted by molar-refractivity contribution is 0.0694. The molecule has 0 aromatic heterocycles. The number of carbonyl (C=O) groups is 1. The highest BCUT2D eigenvalue weighted by Crippen LogP contribution is 2.30. The van der Waals surface area contributed by atoms with Crippen LogP contribution >= 0.6 is 27.5 Å². The maximum absolute atomic E-state index is 13.1. The van der Waals surface area contributed by atoms with Crippen molar-refractivity contribution in [3.63, 3.8) is 0 Å². The van der Waals surface area contributed by atoms with Gasteiger partial charge in [-0.25, -0.2) is 9.18 Å². The monoisotopic (exact) mass is 344 g/mol. The summed E-state index contributed by atoms with van der Waals surface area (Å²) in [5.74, 6) is -1.17. The Bertz CT molecular complexity index is 646. The zero-order valence-corrected chi connectivity index (χ0v) is 11.7. The van der Waals surface area contributed by atoms with Crippen LogP contribution in [0, 0.1) is 5.82 Å². The number of aromatic carboxylic acids is 1. The van der Waals surface area contributed by atoms with Crippen LogP contribution in [0.25, 0.3) is 0 Å². The van der Waals surface area contributed by atoms with Crippen LogP contribution < -0.4 is 4.74 Å². The summed E-state index contributed by atoms with van der Waals surface area (Å²) < 4.78 is 18.7. The second kappa shape index (κ2) is 5.59. The molecule has 2 aromatic rings. The molecule has 2 rings (SSSR count). The molecule has 6 heteroatoms. The van der Waals surface area contributed by atoms with Gasteiger partial charge in [-0.2, -0.15) is 0 Å². The largest absolute Gasteiger partial charge is 0.478 e. The van der Waals surface area contributed by atoms with Crippen molar-refractivity contribution in [3.05, 3.63) is 57.3 Å². The fourth-order valence-electron chi connectivity index (χ4n) is 1.42. The van der Waals surface area contributed by atoms with Crippen LogP contribution in [0.15, 0.2) is 40.9 Å². The molecule has 0 radical (unpaired) electrons. The Morgan fingerprint density at radius 3 is 2.63 bits per heavy atom. The van der Waals surface area contributed by atoms with E-state index in [0.717, 1.165) is 0 Å². The summed E-state index contributed by atoms with van der Waals surface area (Å²) in [5.41, 5.74) is -0.0233. The first-order valence-corrected chi connectivity index (χ1v) is 6.30. The van der Waals surface area contributed by atoms with Gasteiger partial charge in [0.15, 0.2) is 0 Å². The van der Waals surface area contributed by atoms with Gasteiger partial charge in [-0.05, 0) is 46.3 Å². The quantitative estimate of drug-likeness (QED) is 0.874. The van der Waals surface area contributed by atoms with E-state index in [2.05, 4.69) is 15.9 Å².